The van der Waals surface area contributed by atoms with Gasteiger partial charge in [-0.25, -0.2) is 17.2 Å². The second kappa shape index (κ2) is 5.83. The molecule has 1 aromatic carbocycles. The van der Waals surface area contributed by atoms with E-state index in [9.17, 15) is 17.2 Å². The van der Waals surface area contributed by atoms with Gasteiger partial charge in [0, 0.05) is 23.6 Å². The average Bonchev–Trinajstić information content (AvgIpc) is 2.37. The number of hydrogen-bond acceptors (Lipinski definition) is 4. The maximum atomic E-state index is 14.2. The Labute approximate surface area is 127 Å². The maximum absolute atomic E-state index is 14.2. The zero-order chi connectivity index (χ0) is 15.8. The summed E-state index contributed by atoms with van der Waals surface area (Å²) >= 11 is 1.65. The number of sulfonamides is 1. The second-order valence-corrected chi connectivity index (χ2v) is 9.15. The lowest BCUT2D eigenvalue weighted by atomic mass is 10.2. The van der Waals surface area contributed by atoms with E-state index in [1.165, 1.54) is 4.31 Å². The third-order valence-electron chi connectivity index (χ3n) is 3.32. The van der Waals surface area contributed by atoms with Crippen LogP contribution in [0.15, 0.2) is 17.0 Å². The third-order valence-corrected chi connectivity index (χ3v) is 6.48. The fourth-order valence-electron chi connectivity index (χ4n) is 2.24. The van der Waals surface area contributed by atoms with Crippen LogP contribution in [-0.2, 0) is 16.6 Å². The van der Waals surface area contributed by atoms with Crippen molar-refractivity contribution in [2.75, 3.05) is 18.8 Å². The highest BCUT2D eigenvalue weighted by Crippen LogP contribution is 2.33. The molecule has 1 heterocycles. The van der Waals surface area contributed by atoms with Gasteiger partial charge in [-0.05, 0) is 26.0 Å². The van der Waals surface area contributed by atoms with Gasteiger partial charge >= 0.3 is 0 Å². The van der Waals surface area contributed by atoms with E-state index in [1.54, 1.807) is 11.8 Å². The number of nitrogens with zero attached hydrogens (tertiary/aromatic N) is 1. The predicted octanol–water partition coefficient (Wildman–Crippen LogP) is 1.97. The summed E-state index contributed by atoms with van der Waals surface area (Å²) in [7, 11) is -4.05. The Morgan fingerprint density at radius 3 is 2.62 bits per heavy atom. The van der Waals surface area contributed by atoms with E-state index in [0.29, 0.717) is 5.75 Å². The Hall–Kier alpha value is -0.700. The molecule has 4 nitrogen and oxygen atoms in total. The summed E-state index contributed by atoms with van der Waals surface area (Å²) < 4.78 is 53.6. The summed E-state index contributed by atoms with van der Waals surface area (Å²) in [5, 5.41) is 8.99. The molecule has 2 rings (SSSR count). The molecule has 0 saturated carbocycles. The van der Waals surface area contributed by atoms with Gasteiger partial charge in [0.05, 0.1) is 12.2 Å². The van der Waals surface area contributed by atoms with Gasteiger partial charge in [0.1, 0.15) is 10.7 Å². The van der Waals surface area contributed by atoms with Crippen molar-refractivity contribution in [3.05, 3.63) is 29.3 Å². The highest BCUT2D eigenvalue weighted by atomic mass is 32.2. The first kappa shape index (κ1) is 16.7. The van der Waals surface area contributed by atoms with Crippen molar-refractivity contribution in [1.82, 2.24) is 4.31 Å². The molecule has 1 aromatic rings. The summed E-state index contributed by atoms with van der Waals surface area (Å²) in [4.78, 5) is -0.587. The van der Waals surface area contributed by atoms with Crippen LogP contribution in [0.5, 0.6) is 0 Å². The van der Waals surface area contributed by atoms with Crippen LogP contribution in [-0.4, -0.2) is 41.4 Å². The van der Waals surface area contributed by atoms with Crippen LogP contribution in [0.3, 0.4) is 0 Å². The first-order chi connectivity index (χ1) is 9.69. The van der Waals surface area contributed by atoms with Gasteiger partial charge in [-0.2, -0.15) is 16.1 Å². The van der Waals surface area contributed by atoms with E-state index in [0.717, 1.165) is 12.1 Å². The van der Waals surface area contributed by atoms with Crippen LogP contribution >= 0.6 is 11.8 Å². The zero-order valence-corrected chi connectivity index (χ0v) is 13.4. The van der Waals surface area contributed by atoms with Crippen molar-refractivity contribution in [1.29, 1.82) is 0 Å². The van der Waals surface area contributed by atoms with Gasteiger partial charge in [-0.3, -0.25) is 0 Å². The molecule has 0 atom stereocenters. The maximum Gasteiger partial charge on any atom is 0.246 e. The number of aliphatic hydroxyl groups is 1. The normalized spacial score (nSPS) is 19.7. The van der Waals surface area contributed by atoms with Crippen LogP contribution < -0.4 is 0 Å². The molecule has 8 heteroatoms. The summed E-state index contributed by atoms with van der Waals surface area (Å²) in [5.74, 6) is -1.56. The molecule has 1 aliphatic heterocycles. The SMILES string of the molecule is CC1(C)CN(S(=O)(=O)c2ccc(F)c(CO)c2F)CCS1. The lowest BCUT2D eigenvalue weighted by Crippen LogP contribution is -2.46. The Bertz CT molecular complexity index is 647. The van der Waals surface area contributed by atoms with Crippen molar-refractivity contribution in [2.24, 2.45) is 0 Å². The fourth-order valence-corrected chi connectivity index (χ4v) is 5.24. The summed E-state index contributed by atoms with van der Waals surface area (Å²) in [6.07, 6.45) is 0. The smallest absolute Gasteiger partial charge is 0.246 e. The van der Waals surface area contributed by atoms with Crippen molar-refractivity contribution in [2.45, 2.75) is 30.1 Å². The molecule has 0 radical (unpaired) electrons. The van der Waals surface area contributed by atoms with Crippen LogP contribution in [0.2, 0.25) is 0 Å². The van der Waals surface area contributed by atoms with Crippen molar-refractivity contribution in [3.63, 3.8) is 0 Å². The van der Waals surface area contributed by atoms with E-state index in [4.69, 9.17) is 5.11 Å². The topological polar surface area (TPSA) is 57.6 Å². The monoisotopic (exact) mass is 337 g/mol. The molecule has 0 spiro atoms. The number of thioether (sulfide) groups is 1. The van der Waals surface area contributed by atoms with Gasteiger partial charge in [0.15, 0.2) is 5.82 Å². The van der Waals surface area contributed by atoms with E-state index in [-0.39, 0.29) is 17.8 Å². The Morgan fingerprint density at radius 2 is 2.05 bits per heavy atom. The van der Waals surface area contributed by atoms with E-state index >= 15 is 0 Å². The van der Waals surface area contributed by atoms with Gasteiger partial charge in [-0.1, -0.05) is 0 Å². The Balaban J connectivity index is 2.45. The van der Waals surface area contributed by atoms with Crippen LogP contribution in [0.25, 0.3) is 0 Å². The average molecular weight is 337 g/mol. The Kier molecular flexibility index (Phi) is 4.63. The van der Waals surface area contributed by atoms with Gasteiger partial charge in [0.25, 0.3) is 0 Å². The minimum atomic E-state index is -4.05. The first-order valence-corrected chi connectivity index (χ1v) is 8.83. The molecule has 1 aliphatic rings. The predicted molar refractivity (Wildman–Crippen MR) is 77.6 cm³/mol. The van der Waals surface area contributed by atoms with Crippen molar-refractivity contribution in [3.8, 4) is 0 Å². The largest absolute Gasteiger partial charge is 0.391 e. The Morgan fingerprint density at radius 1 is 1.38 bits per heavy atom. The molecule has 0 amide bonds. The molecule has 0 aliphatic carbocycles. The van der Waals surface area contributed by atoms with Gasteiger partial charge in [0.2, 0.25) is 10.0 Å². The number of hydrogen-bond donors (Lipinski definition) is 1. The van der Waals surface area contributed by atoms with Crippen LogP contribution in [0.1, 0.15) is 19.4 Å². The standard InChI is InChI=1S/C13H17F2NO3S2/c1-13(2)8-16(5-6-20-13)21(18,19)11-4-3-10(14)9(7-17)12(11)15/h3-4,17H,5-8H2,1-2H3. The third kappa shape index (κ3) is 3.23. The molecule has 0 bridgehead atoms. The van der Waals surface area contributed by atoms with Crippen molar-refractivity contribution < 1.29 is 22.3 Å². The van der Waals surface area contributed by atoms with Crippen LogP contribution in [0, 0.1) is 11.6 Å². The molecule has 118 valence electrons. The molecule has 21 heavy (non-hydrogen) atoms. The molecule has 0 aromatic heterocycles. The highest BCUT2D eigenvalue weighted by molar-refractivity contribution is 8.00. The second-order valence-electron chi connectivity index (χ2n) is 5.44. The summed E-state index contributed by atoms with van der Waals surface area (Å²) in [6.45, 7) is 3.48. The fraction of sp³-hybridized carbons (Fsp3) is 0.538. The quantitative estimate of drug-likeness (QED) is 0.916. The molecule has 1 N–H and O–H groups in total. The lowest BCUT2D eigenvalue weighted by Gasteiger charge is -2.36. The minimum absolute atomic E-state index is 0.255. The van der Waals surface area contributed by atoms with Gasteiger partial charge < -0.3 is 5.11 Å². The molecular formula is C13H17F2NO3S2. The minimum Gasteiger partial charge on any atom is -0.391 e. The number of rotatable bonds is 3. The molecular weight excluding hydrogens is 320 g/mol. The molecule has 1 saturated heterocycles. The summed E-state index contributed by atoms with van der Waals surface area (Å²) in [6, 6.07) is 1.78. The number of benzene rings is 1. The van der Waals surface area contributed by atoms with Gasteiger partial charge in [-0.15, -0.1) is 0 Å². The number of aliphatic hydroxyl groups excluding tert-OH is 1. The van der Waals surface area contributed by atoms with Crippen molar-refractivity contribution >= 4 is 21.8 Å². The van der Waals surface area contributed by atoms with Crippen LogP contribution in [0.4, 0.5) is 8.78 Å². The molecule has 0 unspecified atom stereocenters. The molecule has 1 fully saturated rings. The van der Waals surface area contributed by atoms with E-state index in [1.807, 2.05) is 13.8 Å². The summed E-state index contributed by atoms with van der Waals surface area (Å²) in [5.41, 5.74) is -0.623. The zero-order valence-electron chi connectivity index (χ0n) is 11.8. The first-order valence-electron chi connectivity index (χ1n) is 6.41. The lowest BCUT2D eigenvalue weighted by molar-refractivity contribution is 0.267. The highest BCUT2D eigenvalue weighted by Gasteiger charge is 2.36. The number of halogens is 2. The van der Waals surface area contributed by atoms with E-state index < -0.39 is 38.7 Å². The van der Waals surface area contributed by atoms with E-state index in [2.05, 4.69) is 0 Å².